The van der Waals surface area contributed by atoms with Crippen LogP contribution in [0.15, 0.2) is 53.4 Å². The number of rotatable bonds is 7. The van der Waals surface area contributed by atoms with Gasteiger partial charge in [-0.2, -0.15) is 22.0 Å². The third-order valence-corrected chi connectivity index (χ3v) is 5.07. The SMILES string of the molecule is O=C(/C=C/c1cc([N+](=O)[O-])ccc1OC(F)F)Nc1ccc(S(=O)(=O)C(F)(F)F)cc1. The quantitative estimate of drug-likeness (QED) is 0.284. The van der Waals surface area contributed by atoms with E-state index in [1.807, 2.05) is 0 Å². The molecule has 0 aliphatic carbocycles. The topological polar surface area (TPSA) is 116 Å². The normalized spacial score (nSPS) is 12.2. The zero-order valence-electron chi connectivity index (χ0n) is 15.0. The Kier molecular flexibility index (Phi) is 6.95. The largest absolute Gasteiger partial charge is 0.501 e. The summed E-state index contributed by atoms with van der Waals surface area (Å²) in [6.07, 6.45) is 1.75. The van der Waals surface area contributed by atoms with Crippen LogP contribution < -0.4 is 10.1 Å². The summed E-state index contributed by atoms with van der Waals surface area (Å²) in [5, 5.41) is 13.0. The van der Waals surface area contributed by atoms with E-state index in [0.717, 1.165) is 42.5 Å². The van der Waals surface area contributed by atoms with Crippen molar-refractivity contribution in [3.63, 3.8) is 0 Å². The Balaban J connectivity index is 2.19. The lowest BCUT2D eigenvalue weighted by molar-refractivity contribution is -0.384. The van der Waals surface area contributed by atoms with Gasteiger partial charge in [-0.05, 0) is 36.4 Å². The first kappa shape index (κ1) is 23.7. The fourth-order valence-corrected chi connectivity index (χ4v) is 2.95. The molecule has 166 valence electrons. The van der Waals surface area contributed by atoms with Crippen LogP contribution in [-0.4, -0.2) is 31.4 Å². The third-order valence-electron chi connectivity index (χ3n) is 3.57. The van der Waals surface area contributed by atoms with Crippen molar-refractivity contribution in [2.75, 3.05) is 5.32 Å². The number of nitro benzene ring substituents is 1. The number of hydrogen-bond donors (Lipinski definition) is 1. The summed E-state index contributed by atoms with van der Waals surface area (Å²) in [6.45, 7) is -3.23. The van der Waals surface area contributed by atoms with Crippen LogP contribution in [0.4, 0.5) is 33.3 Å². The molecule has 14 heteroatoms. The Morgan fingerprint density at radius 1 is 1.13 bits per heavy atom. The second-order valence-corrected chi connectivity index (χ2v) is 7.60. The summed E-state index contributed by atoms with van der Waals surface area (Å²) in [5.41, 5.74) is -6.23. The van der Waals surface area contributed by atoms with E-state index in [4.69, 9.17) is 0 Å². The minimum atomic E-state index is -5.55. The number of nitrogens with one attached hydrogen (secondary N) is 1. The van der Waals surface area contributed by atoms with Gasteiger partial charge in [0.15, 0.2) is 0 Å². The highest BCUT2D eigenvalue weighted by atomic mass is 32.2. The van der Waals surface area contributed by atoms with Crippen LogP contribution in [-0.2, 0) is 14.6 Å². The van der Waals surface area contributed by atoms with E-state index in [0.29, 0.717) is 12.1 Å². The first-order valence-electron chi connectivity index (χ1n) is 7.95. The second kappa shape index (κ2) is 9.07. The van der Waals surface area contributed by atoms with E-state index in [2.05, 4.69) is 10.1 Å². The van der Waals surface area contributed by atoms with Crippen LogP contribution in [0.25, 0.3) is 6.08 Å². The Morgan fingerprint density at radius 3 is 2.26 bits per heavy atom. The van der Waals surface area contributed by atoms with E-state index >= 15 is 0 Å². The standard InChI is InChI=1S/C17H11F5N2O6S/c18-16(19)30-14-7-4-12(24(26)27)9-10(14)1-8-15(25)23-11-2-5-13(6-3-11)31(28,29)17(20,21)22/h1-9,16H,(H,23,25)/b8-1+. The number of amides is 1. The molecule has 2 rings (SSSR count). The Hall–Kier alpha value is -3.55. The van der Waals surface area contributed by atoms with Gasteiger partial charge in [0.05, 0.1) is 9.82 Å². The van der Waals surface area contributed by atoms with Crippen LogP contribution >= 0.6 is 0 Å². The number of nitro groups is 1. The molecular weight excluding hydrogens is 455 g/mol. The summed E-state index contributed by atoms with van der Waals surface area (Å²) in [5.74, 6) is -1.33. The molecule has 2 aromatic carbocycles. The van der Waals surface area contributed by atoms with Crippen LogP contribution in [0.5, 0.6) is 5.75 Å². The molecular formula is C17H11F5N2O6S. The molecule has 31 heavy (non-hydrogen) atoms. The molecule has 0 heterocycles. The number of nitrogens with zero attached hydrogens (tertiary/aromatic N) is 1. The number of hydrogen-bond acceptors (Lipinski definition) is 6. The van der Waals surface area contributed by atoms with Crippen molar-refractivity contribution >= 4 is 33.2 Å². The highest BCUT2D eigenvalue weighted by molar-refractivity contribution is 7.92. The molecule has 0 atom stereocenters. The molecule has 2 aromatic rings. The van der Waals surface area contributed by atoms with Gasteiger partial charge in [-0.3, -0.25) is 14.9 Å². The van der Waals surface area contributed by atoms with Gasteiger partial charge < -0.3 is 10.1 Å². The van der Waals surface area contributed by atoms with Gasteiger partial charge in [0.1, 0.15) is 5.75 Å². The maximum absolute atomic E-state index is 12.5. The smallest absolute Gasteiger partial charge is 0.434 e. The molecule has 1 amide bonds. The van der Waals surface area contributed by atoms with Crippen molar-refractivity contribution in [3.8, 4) is 5.75 Å². The molecule has 0 bridgehead atoms. The maximum atomic E-state index is 12.5. The van der Waals surface area contributed by atoms with Crippen LogP contribution in [0.3, 0.4) is 0 Å². The molecule has 0 spiro atoms. The summed E-state index contributed by atoms with van der Waals surface area (Å²) < 4.78 is 89.3. The third kappa shape index (κ3) is 5.97. The summed E-state index contributed by atoms with van der Waals surface area (Å²) in [4.78, 5) is 21.0. The molecule has 0 aliphatic rings. The number of benzene rings is 2. The van der Waals surface area contributed by atoms with Gasteiger partial charge >= 0.3 is 12.1 Å². The Bertz CT molecular complexity index is 1110. The summed E-state index contributed by atoms with van der Waals surface area (Å²) in [6, 6.07) is 5.81. The van der Waals surface area contributed by atoms with Crippen LogP contribution in [0, 0.1) is 10.1 Å². The molecule has 0 saturated carbocycles. The Morgan fingerprint density at radius 2 is 1.74 bits per heavy atom. The van der Waals surface area contributed by atoms with Crippen molar-refractivity contribution in [1.82, 2.24) is 0 Å². The van der Waals surface area contributed by atoms with E-state index in [1.54, 1.807) is 0 Å². The summed E-state index contributed by atoms with van der Waals surface area (Å²) >= 11 is 0. The fourth-order valence-electron chi connectivity index (χ4n) is 2.18. The predicted molar refractivity (Wildman–Crippen MR) is 97.1 cm³/mol. The van der Waals surface area contributed by atoms with Crippen molar-refractivity contribution in [3.05, 3.63) is 64.2 Å². The molecule has 0 radical (unpaired) electrons. The zero-order valence-corrected chi connectivity index (χ0v) is 15.8. The van der Waals surface area contributed by atoms with Crippen molar-refractivity contribution in [2.45, 2.75) is 17.0 Å². The molecule has 0 aromatic heterocycles. The van der Waals surface area contributed by atoms with Crippen molar-refractivity contribution in [1.29, 1.82) is 0 Å². The highest BCUT2D eigenvalue weighted by Crippen LogP contribution is 2.31. The number of halogens is 5. The van der Waals surface area contributed by atoms with Gasteiger partial charge in [0.2, 0.25) is 5.91 Å². The lowest BCUT2D eigenvalue weighted by Gasteiger charge is -2.09. The molecule has 8 nitrogen and oxygen atoms in total. The Labute approximate surface area is 171 Å². The van der Waals surface area contributed by atoms with E-state index in [9.17, 15) is 45.3 Å². The average molecular weight is 466 g/mol. The van der Waals surface area contributed by atoms with Crippen LogP contribution in [0.2, 0.25) is 0 Å². The predicted octanol–water partition coefficient (Wildman–Crippen LogP) is 4.14. The lowest BCUT2D eigenvalue weighted by atomic mass is 10.1. The number of anilines is 1. The average Bonchev–Trinajstić information content (AvgIpc) is 2.66. The first-order valence-corrected chi connectivity index (χ1v) is 9.43. The second-order valence-electron chi connectivity index (χ2n) is 5.65. The molecule has 0 fully saturated rings. The van der Waals surface area contributed by atoms with Gasteiger partial charge in [-0.25, -0.2) is 8.42 Å². The lowest BCUT2D eigenvalue weighted by Crippen LogP contribution is -2.23. The number of carbonyl (C=O) groups excluding carboxylic acids is 1. The highest BCUT2D eigenvalue weighted by Gasteiger charge is 2.46. The van der Waals surface area contributed by atoms with Gasteiger partial charge in [0, 0.05) is 29.5 Å². The fraction of sp³-hybridized carbons (Fsp3) is 0.118. The molecule has 0 unspecified atom stereocenters. The number of sulfone groups is 1. The first-order chi connectivity index (χ1) is 14.3. The minimum absolute atomic E-state index is 0.0705. The molecule has 1 N–H and O–H groups in total. The van der Waals surface area contributed by atoms with Crippen LogP contribution in [0.1, 0.15) is 5.56 Å². The number of ether oxygens (including phenoxy) is 1. The van der Waals surface area contributed by atoms with E-state index < -0.39 is 49.1 Å². The maximum Gasteiger partial charge on any atom is 0.501 e. The summed E-state index contributed by atoms with van der Waals surface area (Å²) in [7, 11) is -5.55. The van der Waals surface area contributed by atoms with E-state index in [1.165, 1.54) is 0 Å². The number of alkyl halides is 5. The van der Waals surface area contributed by atoms with Crippen molar-refractivity contribution < 1.29 is 44.8 Å². The number of carbonyl (C=O) groups is 1. The van der Waals surface area contributed by atoms with Crippen molar-refractivity contribution in [2.24, 2.45) is 0 Å². The van der Waals surface area contributed by atoms with Gasteiger partial charge in [-0.15, -0.1) is 0 Å². The molecule has 0 saturated heterocycles. The van der Waals surface area contributed by atoms with E-state index in [-0.39, 0.29) is 11.3 Å². The minimum Gasteiger partial charge on any atom is -0.434 e. The van der Waals surface area contributed by atoms with Gasteiger partial charge in [-0.1, -0.05) is 0 Å². The monoisotopic (exact) mass is 466 g/mol. The zero-order chi connectivity index (χ0) is 23.4. The number of non-ortho nitro benzene ring substituents is 1. The van der Waals surface area contributed by atoms with Gasteiger partial charge in [0.25, 0.3) is 15.5 Å². The molecule has 0 aliphatic heterocycles.